The molecule has 0 unspecified atom stereocenters. The zero-order chi connectivity index (χ0) is 17.0. The summed E-state index contributed by atoms with van der Waals surface area (Å²) in [7, 11) is -3.46. The second kappa shape index (κ2) is 5.04. The normalized spacial score (nSPS) is 33.1. The van der Waals surface area contributed by atoms with Gasteiger partial charge in [-0.2, -0.15) is 0 Å². The minimum Gasteiger partial charge on any atom is -0.390 e. The zero-order valence-corrected chi connectivity index (χ0v) is 13.6. The lowest BCUT2D eigenvalue weighted by atomic mass is 9.91. The maximum atomic E-state index is 12.8. The largest absolute Gasteiger partial charge is 0.390 e. The molecule has 2 aliphatic heterocycles. The minimum absolute atomic E-state index is 0.405. The number of amides is 3. The van der Waals surface area contributed by atoms with Gasteiger partial charge < -0.3 is 10.4 Å². The van der Waals surface area contributed by atoms with Crippen LogP contribution in [0.1, 0.15) is 18.1 Å². The van der Waals surface area contributed by atoms with Crippen LogP contribution >= 0.6 is 0 Å². The van der Waals surface area contributed by atoms with Crippen molar-refractivity contribution < 1.29 is 23.1 Å². The van der Waals surface area contributed by atoms with Crippen LogP contribution in [0.3, 0.4) is 0 Å². The first kappa shape index (κ1) is 15.9. The van der Waals surface area contributed by atoms with E-state index in [9.17, 15) is 23.1 Å². The first-order valence-corrected chi connectivity index (χ1v) is 9.08. The molecule has 3 amide bonds. The van der Waals surface area contributed by atoms with E-state index in [1.54, 1.807) is 19.1 Å². The molecule has 1 aromatic rings. The predicted octanol–water partition coefficient (Wildman–Crippen LogP) is -0.0801. The number of nitrogens with zero attached hydrogens (tertiary/aromatic N) is 1. The summed E-state index contributed by atoms with van der Waals surface area (Å²) in [6.07, 6.45) is -1.25. The molecule has 0 spiro atoms. The van der Waals surface area contributed by atoms with Gasteiger partial charge in [0.2, 0.25) is 0 Å². The molecule has 2 N–H and O–H groups in total. The molecule has 2 saturated heterocycles. The molecule has 3 rings (SSSR count). The maximum absolute atomic E-state index is 12.8. The van der Waals surface area contributed by atoms with E-state index in [4.69, 9.17) is 0 Å². The summed E-state index contributed by atoms with van der Waals surface area (Å²) in [5, 5.41) is 12.6. The first-order valence-electron chi connectivity index (χ1n) is 7.25. The van der Waals surface area contributed by atoms with Gasteiger partial charge in [0, 0.05) is 0 Å². The number of aryl methyl sites for hydroxylation is 1. The number of urea groups is 1. The molecule has 0 bridgehead atoms. The number of nitrogens with one attached hydrogen (secondary N) is 1. The smallest absolute Gasteiger partial charge is 0.325 e. The Balaban J connectivity index is 1.95. The summed E-state index contributed by atoms with van der Waals surface area (Å²) in [6.45, 7) is 3.49. The summed E-state index contributed by atoms with van der Waals surface area (Å²) in [6, 6.07) is 5.44. The molecule has 8 heteroatoms. The fraction of sp³-hybridized carbons (Fsp3) is 0.467. The average Bonchev–Trinajstić information content (AvgIpc) is 2.84. The van der Waals surface area contributed by atoms with Crippen molar-refractivity contribution in [2.75, 3.05) is 11.5 Å². The third-order valence-corrected chi connectivity index (χ3v) is 6.18. The van der Waals surface area contributed by atoms with Crippen LogP contribution in [-0.4, -0.2) is 54.0 Å². The molecule has 0 aliphatic carbocycles. The van der Waals surface area contributed by atoms with Gasteiger partial charge in [-0.15, -0.1) is 0 Å². The second-order valence-electron chi connectivity index (χ2n) is 6.31. The molecular formula is C15H18N2O5S. The lowest BCUT2D eigenvalue weighted by Crippen LogP contribution is -2.48. The number of carbonyl (C=O) groups is 2. The average molecular weight is 338 g/mol. The van der Waals surface area contributed by atoms with Gasteiger partial charge in [-0.25, -0.2) is 13.2 Å². The van der Waals surface area contributed by atoms with Crippen molar-refractivity contribution in [2.45, 2.75) is 31.5 Å². The van der Waals surface area contributed by atoms with Gasteiger partial charge in [0.25, 0.3) is 5.91 Å². The van der Waals surface area contributed by atoms with Crippen LogP contribution in [0, 0.1) is 6.92 Å². The molecule has 2 aliphatic rings. The third kappa shape index (κ3) is 2.51. The van der Waals surface area contributed by atoms with E-state index in [0.717, 1.165) is 10.5 Å². The van der Waals surface area contributed by atoms with E-state index in [1.165, 1.54) is 0 Å². The Morgan fingerprint density at radius 2 is 1.83 bits per heavy atom. The van der Waals surface area contributed by atoms with Crippen LogP contribution in [0.4, 0.5) is 4.79 Å². The number of hydrogen-bond donors (Lipinski definition) is 2. The summed E-state index contributed by atoms with van der Waals surface area (Å²) in [4.78, 5) is 25.9. The molecule has 0 aromatic heterocycles. The number of aliphatic hydroxyl groups excluding tert-OH is 1. The molecule has 7 nitrogen and oxygen atoms in total. The number of benzene rings is 1. The van der Waals surface area contributed by atoms with E-state index in [2.05, 4.69) is 5.32 Å². The van der Waals surface area contributed by atoms with E-state index < -0.39 is 51.0 Å². The van der Waals surface area contributed by atoms with E-state index in [0.29, 0.717) is 5.56 Å². The summed E-state index contributed by atoms with van der Waals surface area (Å²) < 4.78 is 23.3. The van der Waals surface area contributed by atoms with Crippen LogP contribution in [0.5, 0.6) is 0 Å². The second-order valence-corrected chi connectivity index (χ2v) is 8.46. The molecule has 0 radical (unpaired) electrons. The highest BCUT2D eigenvalue weighted by Crippen LogP contribution is 2.32. The van der Waals surface area contributed by atoms with Gasteiger partial charge in [-0.1, -0.05) is 29.8 Å². The SMILES string of the molecule is Cc1ccc([C@]2(C)NC(=O)N([C@H]3CS(=O)(=O)C[C@@H]3O)C2=O)cc1. The number of hydrogen-bond acceptors (Lipinski definition) is 5. The lowest BCUT2D eigenvalue weighted by Gasteiger charge is -2.25. The van der Waals surface area contributed by atoms with Crippen LogP contribution < -0.4 is 5.32 Å². The molecule has 1 aromatic carbocycles. The molecular weight excluding hydrogens is 320 g/mol. The molecule has 23 heavy (non-hydrogen) atoms. The maximum Gasteiger partial charge on any atom is 0.325 e. The van der Waals surface area contributed by atoms with Gasteiger partial charge in [0.05, 0.1) is 23.7 Å². The highest BCUT2D eigenvalue weighted by atomic mass is 32.2. The Hall–Kier alpha value is -1.93. The Bertz CT molecular complexity index is 774. The van der Waals surface area contributed by atoms with Crippen molar-refractivity contribution in [2.24, 2.45) is 0 Å². The minimum atomic E-state index is -3.46. The number of aliphatic hydroxyl groups is 1. The van der Waals surface area contributed by atoms with Crippen molar-refractivity contribution in [3.05, 3.63) is 35.4 Å². The highest BCUT2D eigenvalue weighted by molar-refractivity contribution is 7.91. The Morgan fingerprint density at radius 1 is 1.22 bits per heavy atom. The zero-order valence-electron chi connectivity index (χ0n) is 12.8. The Morgan fingerprint density at radius 3 is 2.35 bits per heavy atom. The lowest BCUT2D eigenvalue weighted by molar-refractivity contribution is -0.133. The number of imide groups is 1. The van der Waals surface area contributed by atoms with Crippen LogP contribution in [0.25, 0.3) is 0 Å². The topological polar surface area (TPSA) is 104 Å². The van der Waals surface area contributed by atoms with E-state index in [-0.39, 0.29) is 0 Å². The van der Waals surface area contributed by atoms with Crippen molar-refractivity contribution in [1.82, 2.24) is 10.2 Å². The summed E-state index contributed by atoms with van der Waals surface area (Å²) >= 11 is 0. The van der Waals surface area contributed by atoms with Crippen molar-refractivity contribution in [1.29, 1.82) is 0 Å². The van der Waals surface area contributed by atoms with Crippen molar-refractivity contribution in [3.63, 3.8) is 0 Å². The molecule has 124 valence electrons. The molecule has 0 saturated carbocycles. The van der Waals surface area contributed by atoms with Crippen LogP contribution in [-0.2, 0) is 20.2 Å². The Labute approximate surface area is 134 Å². The summed E-state index contributed by atoms with van der Waals surface area (Å²) in [5.41, 5.74) is 0.360. The van der Waals surface area contributed by atoms with Gasteiger partial charge in [0.1, 0.15) is 5.54 Å². The highest BCUT2D eigenvalue weighted by Gasteiger charge is 2.55. The van der Waals surface area contributed by atoms with Gasteiger partial charge in [-0.3, -0.25) is 9.69 Å². The van der Waals surface area contributed by atoms with Crippen molar-refractivity contribution in [3.8, 4) is 0 Å². The number of carbonyl (C=O) groups excluding carboxylic acids is 2. The van der Waals surface area contributed by atoms with Crippen LogP contribution in [0.2, 0.25) is 0 Å². The quantitative estimate of drug-likeness (QED) is 0.734. The molecule has 3 atom stereocenters. The predicted molar refractivity (Wildman–Crippen MR) is 82.4 cm³/mol. The van der Waals surface area contributed by atoms with Crippen molar-refractivity contribution >= 4 is 21.8 Å². The first-order chi connectivity index (χ1) is 10.6. The fourth-order valence-corrected chi connectivity index (χ4v) is 4.87. The molecule has 2 fully saturated rings. The Kier molecular flexibility index (Phi) is 3.49. The van der Waals surface area contributed by atoms with Gasteiger partial charge >= 0.3 is 6.03 Å². The van der Waals surface area contributed by atoms with E-state index in [1.807, 2.05) is 19.1 Å². The fourth-order valence-electron chi connectivity index (χ4n) is 3.10. The number of rotatable bonds is 2. The molecule has 2 heterocycles. The standard InChI is InChI=1S/C15H18N2O5S/c1-9-3-5-10(6-4-9)15(2)13(19)17(14(20)16-15)11-7-23(21,22)8-12(11)18/h3-6,11-12,18H,7-8H2,1-2H3,(H,16,20)/t11-,12-,15-/m0/s1. The van der Waals surface area contributed by atoms with Gasteiger partial charge in [0.15, 0.2) is 9.84 Å². The summed E-state index contributed by atoms with van der Waals surface area (Å²) in [5.74, 6) is -1.39. The van der Waals surface area contributed by atoms with Crippen LogP contribution in [0.15, 0.2) is 24.3 Å². The third-order valence-electron chi connectivity index (χ3n) is 4.48. The van der Waals surface area contributed by atoms with Gasteiger partial charge in [-0.05, 0) is 19.4 Å². The monoisotopic (exact) mass is 338 g/mol. The van der Waals surface area contributed by atoms with E-state index >= 15 is 0 Å². The number of sulfone groups is 1.